The van der Waals surface area contributed by atoms with Crippen molar-refractivity contribution in [2.45, 2.75) is 31.2 Å². The molecule has 0 aliphatic heterocycles. The van der Waals surface area contributed by atoms with Gasteiger partial charge < -0.3 is 9.47 Å². The number of alkyl halides is 5. The van der Waals surface area contributed by atoms with Gasteiger partial charge in [0.2, 0.25) is 0 Å². The van der Waals surface area contributed by atoms with E-state index >= 15 is 0 Å². The lowest BCUT2D eigenvalue weighted by Gasteiger charge is -2.34. The molecule has 0 radical (unpaired) electrons. The van der Waals surface area contributed by atoms with Crippen LogP contribution in [0.3, 0.4) is 0 Å². The summed E-state index contributed by atoms with van der Waals surface area (Å²) in [7, 11) is 0.584. The lowest BCUT2D eigenvalue weighted by Crippen LogP contribution is -2.55. The average molecular weight is 286 g/mol. The summed E-state index contributed by atoms with van der Waals surface area (Å²) >= 11 is 0. The molecule has 19 heavy (non-hydrogen) atoms. The Bertz CT molecular complexity index is 355. The summed E-state index contributed by atoms with van der Waals surface area (Å²) in [6, 6.07) is 0. The van der Waals surface area contributed by atoms with E-state index in [0.717, 1.165) is 6.42 Å². The van der Waals surface area contributed by atoms with Gasteiger partial charge in [0, 0.05) is 7.11 Å². The van der Waals surface area contributed by atoms with Gasteiger partial charge >= 0.3 is 18.4 Å². The highest BCUT2D eigenvalue weighted by atomic mass is 19.4. The van der Waals surface area contributed by atoms with Crippen LogP contribution in [0.2, 0.25) is 0 Å². The first-order valence-corrected chi connectivity index (χ1v) is 6.02. The second-order valence-corrected chi connectivity index (χ2v) is 5.02. The molecule has 2 nitrogen and oxygen atoms in total. The molecule has 0 amide bonds. The van der Waals surface area contributed by atoms with Crippen LogP contribution in [0.15, 0.2) is 12.2 Å². The zero-order valence-electron chi connectivity index (χ0n) is 10.3. The van der Waals surface area contributed by atoms with Crippen molar-refractivity contribution in [1.29, 1.82) is 0 Å². The number of methoxy groups -OCH3 is 1. The van der Waals surface area contributed by atoms with Crippen molar-refractivity contribution in [2.24, 2.45) is 17.8 Å². The van der Waals surface area contributed by atoms with Crippen molar-refractivity contribution >= 4 is 0 Å². The molecule has 7 heteroatoms. The third-order valence-electron chi connectivity index (χ3n) is 3.91. The summed E-state index contributed by atoms with van der Waals surface area (Å²) in [5, 5.41) is 0. The molecule has 2 bridgehead atoms. The Labute approximate surface area is 107 Å². The zero-order valence-corrected chi connectivity index (χ0v) is 10.3. The number of allylic oxidation sites excluding steroid dienone is 2. The van der Waals surface area contributed by atoms with Gasteiger partial charge in [-0.05, 0) is 30.6 Å². The summed E-state index contributed by atoms with van der Waals surface area (Å²) in [6.45, 7) is -0.372. The molecule has 0 heterocycles. The molecular weight excluding hydrogens is 271 g/mol. The topological polar surface area (TPSA) is 18.5 Å². The highest BCUT2D eigenvalue weighted by Gasteiger charge is 2.64. The van der Waals surface area contributed by atoms with Gasteiger partial charge in [-0.1, -0.05) is 12.2 Å². The molecule has 4 unspecified atom stereocenters. The van der Waals surface area contributed by atoms with Gasteiger partial charge in [0.25, 0.3) is 0 Å². The average Bonchev–Trinajstić information content (AvgIpc) is 2.89. The molecule has 0 N–H and O–H groups in total. The summed E-state index contributed by atoms with van der Waals surface area (Å²) in [4.78, 5) is 0. The Morgan fingerprint density at radius 1 is 1.21 bits per heavy atom. The molecule has 2 aliphatic carbocycles. The van der Waals surface area contributed by atoms with Gasteiger partial charge in [-0.15, -0.1) is 0 Å². The largest absolute Gasteiger partial charge is 0.449 e. The molecule has 0 aromatic heterocycles. The van der Waals surface area contributed by atoms with Crippen molar-refractivity contribution in [3.8, 4) is 0 Å². The molecule has 0 spiro atoms. The van der Waals surface area contributed by atoms with Gasteiger partial charge in [-0.2, -0.15) is 13.2 Å². The van der Waals surface area contributed by atoms with E-state index in [2.05, 4.69) is 9.47 Å². The standard InChI is InChI=1S/C12H15F5O2/c1-18-11(10(13)14,12(15,16)17)19-6-9-5-7-2-3-8(9)4-7/h2-3,7-10H,4-6H2,1H3. The maximum Gasteiger partial charge on any atom is 0.449 e. The van der Waals surface area contributed by atoms with E-state index in [4.69, 9.17) is 0 Å². The number of hydrogen-bond donors (Lipinski definition) is 0. The summed E-state index contributed by atoms with van der Waals surface area (Å²) in [6.07, 6.45) is -3.57. The van der Waals surface area contributed by atoms with E-state index in [1.165, 1.54) is 0 Å². The second-order valence-electron chi connectivity index (χ2n) is 5.02. The summed E-state index contributed by atoms with van der Waals surface area (Å²) < 4.78 is 72.2. The van der Waals surface area contributed by atoms with Crippen molar-refractivity contribution < 1.29 is 31.4 Å². The molecule has 0 aromatic rings. The highest BCUT2D eigenvalue weighted by molar-refractivity contribution is 5.10. The van der Waals surface area contributed by atoms with Crippen molar-refractivity contribution in [2.75, 3.05) is 13.7 Å². The minimum atomic E-state index is -5.27. The quantitative estimate of drug-likeness (QED) is 0.438. The van der Waals surface area contributed by atoms with Crippen LogP contribution in [0.5, 0.6) is 0 Å². The maximum atomic E-state index is 12.7. The van der Waals surface area contributed by atoms with E-state index in [9.17, 15) is 22.0 Å². The van der Waals surface area contributed by atoms with Crippen LogP contribution in [0.4, 0.5) is 22.0 Å². The predicted octanol–water partition coefficient (Wildman–Crippen LogP) is 3.39. The van der Waals surface area contributed by atoms with E-state index in [0.29, 0.717) is 19.4 Å². The smallest absolute Gasteiger partial charge is 0.341 e. The summed E-state index contributed by atoms with van der Waals surface area (Å²) in [5.41, 5.74) is 0. The predicted molar refractivity (Wildman–Crippen MR) is 56.6 cm³/mol. The zero-order chi connectivity index (χ0) is 14.3. The minimum Gasteiger partial charge on any atom is -0.341 e. The molecule has 1 saturated carbocycles. The summed E-state index contributed by atoms with van der Waals surface area (Å²) in [5.74, 6) is -3.50. The fraction of sp³-hybridized carbons (Fsp3) is 0.833. The van der Waals surface area contributed by atoms with Gasteiger partial charge in [0.15, 0.2) is 0 Å². The first-order chi connectivity index (χ1) is 8.80. The molecule has 0 saturated heterocycles. The molecule has 4 atom stereocenters. The fourth-order valence-corrected chi connectivity index (χ4v) is 2.85. The first kappa shape index (κ1) is 14.7. The lowest BCUT2D eigenvalue weighted by molar-refractivity contribution is -0.410. The van der Waals surface area contributed by atoms with Crippen LogP contribution in [-0.4, -0.2) is 32.1 Å². The molecule has 0 aromatic carbocycles. The third-order valence-corrected chi connectivity index (χ3v) is 3.91. The number of fused-ring (bicyclic) bond motifs is 2. The lowest BCUT2D eigenvalue weighted by atomic mass is 9.94. The van der Waals surface area contributed by atoms with Crippen LogP contribution in [-0.2, 0) is 9.47 Å². The highest BCUT2D eigenvalue weighted by Crippen LogP contribution is 2.45. The Hall–Kier alpha value is -0.690. The van der Waals surface area contributed by atoms with Crippen molar-refractivity contribution in [1.82, 2.24) is 0 Å². The molecule has 2 rings (SSSR count). The van der Waals surface area contributed by atoms with Crippen molar-refractivity contribution in [3.63, 3.8) is 0 Å². The third kappa shape index (κ3) is 2.50. The number of ether oxygens (including phenoxy) is 2. The van der Waals surface area contributed by atoms with E-state index in [1.807, 2.05) is 12.2 Å². The fourth-order valence-electron chi connectivity index (χ4n) is 2.85. The van der Waals surface area contributed by atoms with E-state index in [1.54, 1.807) is 0 Å². The minimum absolute atomic E-state index is 0.130. The van der Waals surface area contributed by atoms with Crippen LogP contribution in [0, 0.1) is 17.8 Å². The van der Waals surface area contributed by atoms with Crippen LogP contribution < -0.4 is 0 Å². The molecule has 2 aliphatic rings. The first-order valence-electron chi connectivity index (χ1n) is 6.02. The van der Waals surface area contributed by atoms with Gasteiger partial charge in [0.1, 0.15) is 0 Å². The molecule has 1 fully saturated rings. The number of rotatable bonds is 5. The molecular formula is C12H15F5O2. The van der Waals surface area contributed by atoms with Gasteiger partial charge in [-0.3, -0.25) is 0 Å². The number of halogens is 5. The van der Waals surface area contributed by atoms with Crippen molar-refractivity contribution in [3.05, 3.63) is 12.2 Å². The van der Waals surface area contributed by atoms with Crippen LogP contribution in [0.25, 0.3) is 0 Å². The van der Waals surface area contributed by atoms with Gasteiger partial charge in [-0.25, -0.2) is 8.78 Å². The van der Waals surface area contributed by atoms with E-state index < -0.39 is 18.4 Å². The van der Waals surface area contributed by atoms with Crippen LogP contribution >= 0.6 is 0 Å². The normalized spacial score (nSPS) is 33.1. The van der Waals surface area contributed by atoms with Crippen LogP contribution in [0.1, 0.15) is 12.8 Å². The SMILES string of the molecule is COC(OCC1CC2C=CC1C2)(C(F)F)C(F)(F)F. The number of hydrogen-bond acceptors (Lipinski definition) is 2. The van der Waals surface area contributed by atoms with Gasteiger partial charge in [0.05, 0.1) is 6.61 Å². The monoisotopic (exact) mass is 286 g/mol. The Balaban J connectivity index is 2.03. The Kier molecular flexibility index (Phi) is 3.88. The Morgan fingerprint density at radius 3 is 2.26 bits per heavy atom. The Morgan fingerprint density at radius 2 is 1.89 bits per heavy atom. The van der Waals surface area contributed by atoms with E-state index in [-0.39, 0.29) is 18.4 Å². The maximum absolute atomic E-state index is 12.7. The second kappa shape index (κ2) is 5.01. The molecule has 110 valence electrons.